The summed E-state index contributed by atoms with van der Waals surface area (Å²) in [4.78, 5) is 44.0. The molecular weight excluding hydrogens is 400 g/mol. The molecule has 8 heteroatoms. The van der Waals surface area contributed by atoms with E-state index in [4.69, 9.17) is 0 Å². The van der Waals surface area contributed by atoms with Crippen LogP contribution in [0.5, 0.6) is 0 Å². The molecule has 1 aromatic heterocycles. The van der Waals surface area contributed by atoms with Crippen LogP contribution in [-0.4, -0.2) is 39.8 Å². The maximum Gasteiger partial charge on any atom is 0.325 e. The van der Waals surface area contributed by atoms with Gasteiger partial charge in [0.15, 0.2) is 5.13 Å². The highest BCUT2D eigenvalue weighted by atomic mass is 32.1. The van der Waals surface area contributed by atoms with Crippen molar-refractivity contribution in [2.75, 3.05) is 11.9 Å². The topological polar surface area (TPSA) is 91.4 Å². The molecule has 30 heavy (non-hydrogen) atoms. The maximum atomic E-state index is 12.9. The van der Waals surface area contributed by atoms with Gasteiger partial charge in [0.25, 0.3) is 5.91 Å². The smallest absolute Gasteiger partial charge is 0.323 e. The van der Waals surface area contributed by atoms with Crippen molar-refractivity contribution in [2.24, 2.45) is 5.92 Å². The van der Waals surface area contributed by atoms with E-state index in [9.17, 15) is 14.4 Å². The standard InChI is InChI=1S/C22H26N4O3S/c1-14-3-5-16(6-4-14)11-17-12-23-20(30-17)24-18(27)13-26-19(28)22(25-21(26)29)9-7-15(2)8-10-22/h3-6,12,15H,7-11,13H2,1-2H3,(H,25,29)(H,23,24,27). The van der Waals surface area contributed by atoms with Crippen LogP contribution in [0.2, 0.25) is 0 Å². The molecule has 2 heterocycles. The highest BCUT2D eigenvalue weighted by Gasteiger charge is 2.52. The van der Waals surface area contributed by atoms with E-state index < -0.39 is 17.5 Å². The largest absolute Gasteiger partial charge is 0.325 e. The monoisotopic (exact) mass is 426 g/mol. The fraction of sp³-hybridized carbons (Fsp3) is 0.455. The van der Waals surface area contributed by atoms with E-state index in [-0.39, 0.29) is 12.5 Å². The summed E-state index contributed by atoms with van der Waals surface area (Å²) in [5, 5.41) is 6.02. The third kappa shape index (κ3) is 4.23. The Bertz CT molecular complexity index is 961. The van der Waals surface area contributed by atoms with Crippen LogP contribution in [0.1, 0.15) is 48.6 Å². The minimum absolute atomic E-state index is 0.284. The number of benzene rings is 1. The van der Waals surface area contributed by atoms with Crippen LogP contribution >= 0.6 is 11.3 Å². The van der Waals surface area contributed by atoms with Crippen molar-refractivity contribution >= 4 is 34.3 Å². The molecule has 1 saturated heterocycles. The SMILES string of the molecule is Cc1ccc(Cc2cnc(NC(=O)CN3C(=O)NC4(CCC(C)CC4)C3=O)s2)cc1. The minimum atomic E-state index is -0.827. The highest BCUT2D eigenvalue weighted by molar-refractivity contribution is 7.15. The molecule has 2 N–H and O–H groups in total. The lowest BCUT2D eigenvalue weighted by Crippen LogP contribution is -2.49. The number of imide groups is 1. The van der Waals surface area contributed by atoms with Gasteiger partial charge in [0.2, 0.25) is 5.91 Å². The van der Waals surface area contributed by atoms with Gasteiger partial charge < -0.3 is 10.6 Å². The van der Waals surface area contributed by atoms with E-state index in [1.54, 1.807) is 6.20 Å². The fourth-order valence-corrected chi connectivity index (χ4v) is 4.93. The molecule has 158 valence electrons. The number of thiazole rings is 1. The zero-order valence-corrected chi connectivity index (χ0v) is 18.1. The number of carbonyl (C=O) groups is 3. The summed E-state index contributed by atoms with van der Waals surface area (Å²) >= 11 is 1.39. The molecule has 2 aromatic rings. The number of hydrogen-bond acceptors (Lipinski definition) is 5. The molecule has 1 aromatic carbocycles. The lowest BCUT2D eigenvalue weighted by molar-refractivity contribution is -0.135. The number of aromatic nitrogens is 1. The first-order valence-electron chi connectivity index (χ1n) is 10.3. The van der Waals surface area contributed by atoms with Crippen molar-refractivity contribution in [3.8, 4) is 0 Å². The minimum Gasteiger partial charge on any atom is -0.323 e. The maximum absolute atomic E-state index is 12.9. The Morgan fingerprint density at radius 3 is 2.67 bits per heavy atom. The summed E-state index contributed by atoms with van der Waals surface area (Å²) in [6.07, 6.45) is 5.54. The molecule has 1 aliphatic heterocycles. The zero-order valence-electron chi connectivity index (χ0n) is 17.2. The fourth-order valence-electron chi connectivity index (χ4n) is 4.07. The van der Waals surface area contributed by atoms with E-state index in [1.807, 2.05) is 6.92 Å². The Morgan fingerprint density at radius 1 is 1.27 bits per heavy atom. The van der Waals surface area contributed by atoms with Crippen molar-refractivity contribution in [1.82, 2.24) is 15.2 Å². The predicted molar refractivity (Wildman–Crippen MR) is 115 cm³/mol. The number of rotatable bonds is 5. The van der Waals surface area contributed by atoms with Gasteiger partial charge in [-0.15, -0.1) is 11.3 Å². The van der Waals surface area contributed by atoms with Gasteiger partial charge in [0.05, 0.1) is 0 Å². The van der Waals surface area contributed by atoms with Crippen LogP contribution < -0.4 is 10.6 Å². The summed E-state index contributed by atoms with van der Waals surface area (Å²) in [7, 11) is 0. The van der Waals surface area contributed by atoms with E-state index in [1.165, 1.54) is 22.5 Å². The third-order valence-corrected chi connectivity index (χ3v) is 6.89. The average Bonchev–Trinajstić information content (AvgIpc) is 3.24. The van der Waals surface area contributed by atoms with Gasteiger partial charge in [-0.25, -0.2) is 9.78 Å². The number of anilines is 1. The molecule has 1 saturated carbocycles. The Hall–Kier alpha value is -2.74. The van der Waals surface area contributed by atoms with Crippen molar-refractivity contribution in [1.29, 1.82) is 0 Å². The summed E-state index contributed by atoms with van der Waals surface area (Å²) in [6.45, 7) is 3.90. The Morgan fingerprint density at radius 2 is 1.97 bits per heavy atom. The number of nitrogens with one attached hydrogen (secondary N) is 2. The first-order chi connectivity index (χ1) is 14.3. The number of amides is 4. The second-order valence-corrected chi connectivity index (χ2v) is 9.54. The number of hydrogen-bond donors (Lipinski definition) is 2. The van der Waals surface area contributed by atoms with E-state index in [0.717, 1.165) is 29.0 Å². The number of aryl methyl sites for hydroxylation is 1. The van der Waals surface area contributed by atoms with Crippen molar-refractivity contribution in [3.63, 3.8) is 0 Å². The van der Waals surface area contributed by atoms with Gasteiger partial charge in [-0.3, -0.25) is 14.5 Å². The Labute approximate surface area is 179 Å². The lowest BCUT2D eigenvalue weighted by atomic mass is 9.77. The van der Waals surface area contributed by atoms with Gasteiger partial charge in [-0.05, 0) is 44.1 Å². The van der Waals surface area contributed by atoms with Gasteiger partial charge in [-0.1, -0.05) is 36.8 Å². The van der Waals surface area contributed by atoms with Crippen LogP contribution in [0.3, 0.4) is 0 Å². The average molecular weight is 427 g/mol. The number of nitrogens with zero attached hydrogens (tertiary/aromatic N) is 2. The van der Waals surface area contributed by atoms with Crippen LogP contribution in [0, 0.1) is 12.8 Å². The molecule has 0 atom stereocenters. The molecule has 4 rings (SSSR count). The molecule has 2 fully saturated rings. The molecule has 7 nitrogen and oxygen atoms in total. The van der Waals surface area contributed by atoms with Gasteiger partial charge in [0.1, 0.15) is 12.1 Å². The molecular formula is C22H26N4O3S. The lowest BCUT2D eigenvalue weighted by Gasteiger charge is -2.33. The molecule has 0 radical (unpaired) electrons. The first-order valence-corrected chi connectivity index (χ1v) is 11.1. The van der Waals surface area contributed by atoms with E-state index in [2.05, 4.69) is 46.8 Å². The van der Waals surface area contributed by atoms with E-state index >= 15 is 0 Å². The van der Waals surface area contributed by atoms with Gasteiger partial charge in [0, 0.05) is 17.5 Å². The molecule has 4 amide bonds. The molecule has 0 bridgehead atoms. The Balaban J connectivity index is 1.35. The molecule has 1 spiro atoms. The van der Waals surface area contributed by atoms with E-state index in [0.29, 0.717) is 23.9 Å². The third-order valence-electron chi connectivity index (χ3n) is 5.97. The molecule has 1 aliphatic carbocycles. The van der Waals surface area contributed by atoms with Gasteiger partial charge >= 0.3 is 6.03 Å². The molecule has 0 unspecified atom stereocenters. The number of carbonyl (C=O) groups excluding carboxylic acids is 3. The summed E-state index contributed by atoms with van der Waals surface area (Å²) in [5.74, 6) is -0.151. The Kier molecular flexibility index (Phi) is 5.60. The van der Waals surface area contributed by atoms with Crippen LogP contribution in [0.25, 0.3) is 0 Å². The number of urea groups is 1. The van der Waals surface area contributed by atoms with Crippen LogP contribution in [0.4, 0.5) is 9.93 Å². The first kappa shape index (κ1) is 20.5. The van der Waals surface area contributed by atoms with Crippen molar-refractivity contribution < 1.29 is 14.4 Å². The highest BCUT2D eigenvalue weighted by Crippen LogP contribution is 2.36. The second kappa shape index (κ2) is 8.18. The summed E-state index contributed by atoms with van der Waals surface area (Å²) < 4.78 is 0. The molecule has 2 aliphatic rings. The van der Waals surface area contributed by atoms with Crippen LogP contribution in [-0.2, 0) is 16.0 Å². The normalized spacial score (nSPS) is 23.7. The summed E-state index contributed by atoms with van der Waals surface area (Å²) in [6, 6.07) is 7.80. The summed E-state index contributed by atoms with van der Waals surface area (Å²) in [5.41, 5.74) is 1.56. The van der Waals surface area contributed by atoms with Crippen molar-refractivity contribution in [2.45, 2.75) is 51.5 Å². The zero-order chi connectivity index (χ0) is 21.3. The predicted octanol–water partition coefficient (Wildman–Crippen LogP) is 3.48. The van der Waals surface area contributed by atoms with Gasteiger partial charge in [-0.2, -0.15) is 0 Å². The van der Waals surface area contributed by atoms with Crippen LogP contribution in [0.15, 0.2) is 30.5 Å². The second-order valence-electron chi connectivity index (χ2n) is 8.43. The van der Waals surface area contributed by atoms with Crippen molar-refractivity contribution in [3.05, 3.63) is 46.5 Å². The quantitative estimate of drug-likeness (QED) is 0.716.